The molecule has 19 heteroatoms. The Kier molecular flexibility index (Phi) is 71.0. The van der Waals surface area contributed by atoms with Gasteiger partial charge in [0.15, 0.2) is 12.2 Å². The van der Waals surface area contributed by atoms with Gasteiger partial charge in [-0.25, -0.2) is 9.13 Å². The third kappa shape index (κ3) is 73.5. The monoisotopic (exact) mass is 1470 g/mol. The van der Waals surface area contributed by atoms with Crippen molar-refractivity contribution in [2.45, 2.75) is 329 Å². The lowest BCUT2D eigenvalue weighted by atomic mass is 10.1. The number of phosphoric ester groups is 2. The van der Waals surface area contributed by atoms with Gasteiger partial charge < -0.3 is 33.8 Å². The number of carbonyl (C=O) groups is 4. The van der Waals surface area contributed by atoms with Gasteiger partial charge >= 0.3 is 39.5 Å². The Morgan fingerprint density at radius 1 is 0.284 bits per heavy atom. The predicted octanol–water partition coefficient (Wildman–Crippen LogP) is 22.9. The van der Waals surface area contributed by atoms with E-state index in [1.165, 1.54) is 64.2 Å². The van der Waals surface area contributed by atoms with Crippen LogP contribution in [-0.4, -0.2) is 96.7 Å². The maximum Gasteiger partial charge on any atom is 0.472 e. The summed E-state index contributed by atoms with van der Waals surface area (Å²) in [5.74, 6) is -2.31. The first kappa shape index (κ1) is 97.2. The third-order valence-electron chi connectivity index (χ3n) is 16.1. The summed E-state index contributed by atoms with van der Waals surface area (Å²) in [5, 5.41) is 10.6. The number of phosphoric acid groups is 2. The van der Waals surface area contributed by atoms with E-state index in [0.29, 0.717) is 32.1 Å². The number of aliphatic hydroxyl groups excluding tert-OH is 1. The van der Waals surface area contributed by atoms with Crippen LogP contribution in [0.5, 0.6) is 0 Å². The Bertz CT molecular complexity index is 2460. The summed E-state index contributed by atoms with van der Waals surface area (Å²) in [6, 6.07) is 0. The normalized spacial score (nSPS) is 14.6. The molecular formula is C83H140O17P2. The lowest BCUT2D eigenvalue weighted by molar-refractivity contribution is -0.161. The molecule has 5 atom stereocenters. The molecule has 584 valence electrons. The van der Waals surface area contributed by atoms with E-state index in [1.807, 2.05) is 18.2 Å². The van der Waals surface area contributed by atoms with Crippen molar-refractivity contribution in [3.8, 4) is 0 Å². The number of unbranched alkanes of at least 4 members (excludes halogenated alkanes) is 25. The number of esters is 4. The first-order valence-corrected chi connectivity index (χ1v) is 42.4. The molecule has 0 aliphatic heterocycles. The molecular weight excluding hydrogens is 1330 g/mol. The largest absolute Gasteiger partial charge is 0.472 e. The summed E-state index contributed by atoms with van der Waals surface area (Å²) in [6.07, 6.45) is 83.1. The highest BCUT2D eigenvalue weighted by Gasteiger charge is 2.30. The fourth-order valence-electron chi connectivity index (χ4n) is 10.1. The number of ether oxygens (including phenoxy) is 4. The Balaban J connectivity index is 5.44. The van der Waals surface area contributed by atoms with E-state index in [4.69, 9.17) is 37.0 Å². The number of hydrogen-bond acceptors (Lipinski definition) is 15. The van der Waals surface area contributed by atoms with Crippen molar-refractivity contribution in [3.05, 3.63) is 134 Å². The molecule has 0 aromatic rings. The molecule has 0 aliphatic rings. The van der Waals surface area contributed by atoms with Crippen molar-refractivity contribution in [1.82, 2.24) is 0 Å². The van der Waals surface area contributed by atoms with Gasteiger partial charge in [0.1, 0.15) is 19.3 Å². The maximum atomic E-state index is 13.1. The van der Waals surface area contributed by atoms with Crippen LogP contribution in [0.2, 0.25) is 0 Å². The molecule has 0 aliphatic carbocycles. The van der Waals surface area contributed by atoms with Crippen molar-refractivity contribution >= 4 is 39.5 Å². The molecule has 0 amide bonds. The smallest absolute Gasteiger partial charge is 0.462 e. The zero-order valence-electron chi connectivity index (χ0n) is 63.7. The molecule has 0 spiro atoms. The molecule has 0 heterocycles. The molecule has 5 unspecified atom stereocenters. The Labute approximate surface area is 618 Å². The van der Waals surface area contributed by atoms with Crippen LogP contribution in [0.15, 0.2) is 134 Å². The van der Waals surface area contributed by atoms with Crippen LogP contribution in [0.4, 0.5) is 0 Å². The van der Waals surface area contributed by atoms with E-state index < -0.39 is 97.5 Å². The van der Waals surface area contributed by atoms with Gasteiger partial charge in [0.25, 0.3) is 0 Å². The van der Waals surface area contributed by atoms with Crippen LogP contribution >= 0.6 is 15.6 Å². The van der Waals surface area contributed by atoms with E-state index in [2.05, 4.69) is 143 Å². The lowest BCUT2D eigenvalue weighted by Crippen LogP contribution is -2.30. The summed E-state index contributed by atoms with van der Waals surface area (Å²) in [5.41, 5.74) is 0. The van der Waals surface area contributed by atoms with Crippen LogP contribution in [0.3, 0.4) is 0 Å². The van der Waals surface area contributed by atoms with Crippen molar-refractivity contribution < 1.29 is 80.2 Å². The fraction of sp³-hybridized carbons (Fsp3) is 0.687. The van der Waals surface area contributed by atoms with E-state index in [0.717, 1.165) is 161 Å². The van der Waals surface area contributed by atoms with E-state index >= 15 is 0 Å². The zero-order valence-corrected chi connectivity index (χ0v) is 65.5. The molecule has 0 radical (unpaired) electrons. The van der Waals surface area contributed by atoms with Gasteiger partial charge in [0.05, 0.1) is 26.4 Å². The molecule has 0 aromatic heterocycles. The van der Waals surface area contributed by atoms with Gasteiger partial charge in [-0.3, -0.25) is 37.3 Å². The Morgan fingerprint density at radius 2 is 0.529 bits per heavy atom. The quantitative estimate of drug-likeness (QED) is 0.0169. The van der Waals surface area contributed by atoms with Gasteiger partial charge in [-0.15, -0.1) is 0 Å². The van der Waals surface area contributed by atoms with Gasteiger partial charge in [0, 0.05) is 25.7 Å². The van der Waals surface area contributed by atoms with Crippen LogP contribution in [0.1, 0.15) is 310 Å². The topological polar surface area (TPSA) is 237 Å². The summed E-state index contributed by atoms with van der Waals surface area (Å²) < 4.78 is 68.4. The molecule has 102 heavy (non-hydrogen) atoms. The number of hydrogen-bond donors (Lipinski definition) is 3. The van der Waals surface area contributed by atoms with Gasteiger partial charge in [-0.2, -0.15) is 0 Å². The maximum absolute atomic E-state index is 13.1. The average molecular weight is 1470 g/mol. The van der Waals surface area contributed by atoms with E-state index in [9.17, 15) is 43.2 Å². The second kappa shape index (κ2) is 74.5. The van der Waals surface area contributed by atoms with Crippen molar-refractivity contribution in [1.29, 1.82) is 0 Å². The number of allylic oxidation sites excluding steroid dienone is 22. The third-order valence-corrected chi connectivity index (χ3v) is 18.0. The van der Waals surface area contributed by atoms with Crippen molar-refractivity contribution in [3.63, 3.8) is 0 Å². The number of carbonyl (C=O) groups excluding carboxylic acids is 4. The minimum Gasteiger partial charge on any atom is -0.462 e. The zero-order chi connectivity index (χ0) is 74.6. The van der Waals surface area contributed by atoms with Gasteiger partial charge in [-0.05, 0) is 148 Å². The minimum absolute atomic E-state index is 0.0287. The second-order valence-corrected chi connectivity index (χ2v) is 28.8. The van der Waals surface area contributed by atoms with Crippen LogP contribution < -0.4 is 0 Å². The highest BCUT2D eigenvalue weighted by atomic mass is 31.2. The first-order valence-electron chi connectivity index (χ1n) is 39.4. The van der Waals surface area contributed by atoms with E-state index in [-0.39, 0.29) is 25.7 Å². The van der Waals surface area contributed by atoms with Gasteiger partial charge in [0.2, 0.25) is 0 Å². The molecule has 0 saturated heterocycles. The second-order valence-electron chi connectivity index (χ2n) is 25.9. The molecule has 17 nitrogen and oxygen atoms in total. The number of aliphatic hydroxyl groups is 1. The molecule has 0 aromatic carbocycles. The Hall–Kier alpha value is -4.80. The first-order chi connectivity index (χ1) is 49.7. The SMILES string of the molecule is CC/C=C\C/C=C\C/C=C\C/C=C\C/C=C\C/C=C\CCC(=O)OCC(COP(=O)(O)OCC(O)COP(=O)(O)OCC(COC(=O)CCCCCCC/C=C\CCCCCCCC)OC(=O)CCCCCCC/C=C\CCCCCC)OC(=O)CCCCCCC/C=C\C/C=C\C/C=C\CC. The lowest BCUT2D eigenvalue weighted by Gasteiger charge is -2.21. The van der Waals surface area contributed by atoms with Crippen molar-refractivity contribution in [2.75, 3.05) is 39.6 Å². The van der Waals surface area contributed by atoms with Crippen LogP contribution in [-0.2, 0) is 65.4 Å². The summed E-state index contributed by atoms with van der Waals surface area (Å²) in [4.78, 5) is 72.9. The number of rotatable bonds is 73. The van der Waals surface area contributed by atoms with E-state index in [1.54, 1.807) is 0 Å². The fourth-order valence-corrected chi connectivity index (χ4v) is 11.7. The van der Waals surface area contributed by atoms with Crippen LogP contribution in [0, 0.1) is 0 Å². The van der Waals surface area contributed by atoms with Gasteiger partial charge in [-0.1, -0.05) is 271 Å². The highest BCUT2D eigenvalue weighted by Crippen LogP contribution is 2.45. The standard InChI is InChI=1S/C83H140O17P2/c1-5-9-13-17-21-25-29-33-36-37-38-39-42-45-48-52-56-60-64-68-81(86)94-74-79(100-83(88)70-66-62-58-54-50-46-41-35-31-27-23-19-15-11-7-3)76-98-102(91,92)96-72-77(84)71-95-101(89,90)97-75-78(99-82(87)69-65-61-57-53-49-43-32-28-24-20-16-12-8-4)73-93-80(85)67-63-59-55-51-47-44-40-34-30-26-22-18-14-10-6-2/h9,11,13,15,21,23,25,27-28,32-36,38-41,45,48,56,60,77-79,84H,5-8,10,12,14,16-20,22,24,26,29-31,37,42-44,46-47,49-55,57-59,61-76H2,1-4H3,(H,89,90)(H,91,92)/b13-9-,15-11-,25-21-,27-23-,32-28-,36-33-,39-38-,40-34-,41-35-,48-45-,60-56-. The summed E-state index contributed by atoms with van der Waals surface area (Å²) in [7, 11) is -9.99. The Morgan fingerprint density at radius 3 is 0.863 bits per heavy atom. The molecule has 0 fully saturated rings. The summed E-state index contributed by atoms with van der Waals surface area (Å²) >= 11 is 0. The summed E-state index contributed by atoms with van der Waals surface area (Å²) in [6.45, 7) is 4.51. The predicted molar refractivity (Wildman–Crippen MR) is 418 cm³/mol. The molecule has 0 bridgehead atoms. The highest BCUT2D eigenvalue weighted by molar-refractivity contribution is 7.47. The molecule has 0 rings (SSSR count). The molecule has 0 saturated carbocycles. The minimum atomic E-state index is -5.00. The molecule has 3 N–H and O–H groups in total. The van der Waals surface area contributed by atoms with Crippen LogP contribution in [0.25, 0.3) is 0 Å². The van der Waals surface area contributed by atoms with Crippen molar-refractivity contribution in [2.24, 2.45) is 0 Å². The average Bonchev–Trinajstić information content (AvgIpc) is 0.924.